The molecule has 0 bridgehead atoms. The Morgan fingerprint density at radius 3 is 2.48 bits per heavy atom. The van der Waals surface area contributed by atoms with Crippen molar-refractivity contribution in [1.82, 2.24) is 14.3 Å². The van der Waals surface area contributed by atoms with Crippen LogP contribution in [0.5, 0.6) is 0 Å². The van der Waals surface area contributed by atoms with Gasteiger partial charge in [-0.15, -0.1) is 11.3 Å². The third kappa shape index (κ3) is 4.90. The number of carbonyl (C=O) groups is 3. The molecular weight excluding hydrogens is 562 g/mol. The van der Waals surface area contributed by atoms with Crippen LogP contribution in [0, 0.1) is 18.8 Å². The number of ether oxygens (including phenoxy) is 3. The molecule has 5 atom stereocenters. The third-order valence-electron chi connectivity index (χ3n) is 7.80. The van der Waals surface area contributed by atoms with Crippen LogP contribution in [0.15, 0.2) is 16.9 Å². The predicted molar refractivity (Wildman–Crippen MR) is 143 cm³/mol. The Hall–Kier alpha value is -2.97. The van der Waals surface area contributed by atoms with E-state index in [1.807, 2.05) is 6.92 Å². The number of β-lactam (4-membered cyclic amide) rings is 1. The number of aromatic nitrogens is 2. The van der Waals surface area contributed by atoms with Crippen molar-refractivity contribution in [3.63, 3.8) is 0 Å². The van der Waals surface area contributed by atoms with Gasteiger partial charge in [0.2, 0.25) is 12.2 Å². The van der Waals surface area contributed by atoms with Crippen molar-refractivity contribution < 1.29 is 42.1 Å². The second-order valence-electron chi connectivity index (χ2n) is 10.7. The Bertz CT molecular complexity index is 1500. The van der Waals surface area contributed by atoms with Gasteiger partial charge in [0.05, 0.1) is 22.9 Å². The molecule has 5 rings (SSSR count). The number of nitrogens with zero attached hydrogens (tertiary/aromatic N) is 3. The number of carbonyl (C=O) groups excluding carboxylic acids is 3. The van der Waals surface area contributed by atoms with Crippen LogP contribution >= 0.6 is 11.3 Å². The largest absolute Gasteiger partial charge is 0.511 e. The number of esters is 1. The van der Waals surface area contributed by atoms with Gasteiger partial charge in [-0.05, 0) is 39.5 Å². The van der Waals surface area contributed by atoms with Crippen LogP contribution in [-0.4, -0.2) is 76.6 Å². The van der Waals surface area contributed by atoms with E-state index < -0.39 is 52.2 Å². The number of aliphatic hydroxyl groups is 1. The lowest BCUT2D eigenvalue weighted by Crippen LogP contribution is -2.63. The average Bonchev–Trinajstić information content (AvgIpc) is 3.48. The lowest BCUT2D eigenvalue weighted by Gasteiger charge is -2.46. The molecule has 2 aromatic heterocycles. The normalized spacial score (nSPS) is 25.0. The number of fused-ring (bicyclic) bond motifs is 2. The molecule has 1 aliphatic carbocycles. The zero-order valence-electron chi connectivity index (χ0n) is 22.9. The molecule has 0 radical (unpaired) electrons. The van der Waals surface area contributed by atoms with Crippen molar-refractivity contribution in [3.8, 4) is 0 Å². The lowest BCUT2D eigenvalue weighted by molar-refractivity contribution is -0.174. The van der Waals surface area contributed by atoms with Crippen molar-refractivity contribution in [3.05, 3.63) is 22.6 Å². The number of aliphatic hydroxyl groups excluding tert-OH is 1. The minimum atomic E-state index is -3.63. The van der Waals surface area contributed by atoms with Gasteiger partial charge in [-0.1, -0.05) is 13.3 Å². The van der Waals surface area contributed by atoms with Crippen molar-refractivity contribution in [1.29, 1.82) is 0 Å². The smallest absolute Gasteiger partial charge is 0.431 e. The number of rotatable bonds is 7. The summed E-state index contributed by atoms with van der Waals surface area (Å²) in [6.07, 6.45) is 3.91. The van der Waals surface area contributed by atoms with Crippen molar-refractivity contribution in [2.45, 2.75) is 89.4 Å². The molecule has 1 N–H and O–H groups in total. The molecule has 1 saturated carbocycles. The molecule has 1 unspecified atom stereocenters. The molecule has 2 fully saturated rings. The standard InChI is InChI=1S/C26H33N3O9S2/c1-12-18(17-11-28-14(3)27-22(24(28)39-17)40(5,34)35)21(29-20(12)19(13(2)30)23(29)31)25(32)36-15(4)37-26(33)38-16-9-7-6-8-10-16/h11-13,15-16,19-20,30H,6-10H2,1-5H3/t12-,13+,15?,19+,20+/m0/s1. The molecule has 218 valence electrons. The number of amides is 1. The molecule has 0 spiro atoms. The van der Waals surface area contributed by atoms with Crippen LogP contribution < -0.4 is 0 Å². The van der Waals surface area contributed by atoms with Crippen LogP contribution in [-0.2, 0) is 33.6 Å². The summed E-state index contributed by atoms with van der Waals surface area (Å²) in [4.78, 5) is 45.4. The Kier molecular flexibility index (Phi) is 7.46. The zero-order valence-corrected chi connectivity index (χ0v) is 24.6. The van der Waals surface area contributed by atoms with E-state index in [1.165, 1.54) is 18.7 Å². The second-order valence-corrected chi connectivity index (χ2v) is 13.7. The zero-order chi connectivity index (χ0) is 29.1. The van der Waals surface area contributed by atoms with E-state index in [0.29, 0.717) is 21.1 Å². The van der Waals surface area contributed by atoms with Gasteiger partial charge in [-0.2, -0.15) is 0 Å². The number of thiazole rings is 1. The predicted octanol–water partition coefficient (Wildman–Crippen LogP) is 3.05. The van der Waals surface area contributed by atoms with E-state index >= 15 is 0 Å². The second kappa shape index (κ2) is 10.5. The molecule has 12 nitrogen and oxygen atoms in total. The summed E-state index contributed by atoms with van der Waals surface area (Å²) >= 11 is 1.14. The fraction of sp³-hybridized carbons (Fsp3) is 0.615. The van der Waals surface area contributed by atoms with E-state index in [4.69, 9.17) is 14.2 Å². The monoisotopic (exact) mass is 595 g/mol. The van der Waals surface area contributed by atoms with Gasteiger partial charge in [0, 0.05) is 30.9 Å². The first-order chi connectivity index (χ1) is 18.8. The topological polar surface area (TPSA) is 154 Å². The van der Waals surface area contributed by atoms with Gasteiger partial charge in [0.1, 0.15) is 22.5 Å². The fourth-order valence-electron chi connectivity index (χ4n) is 5.95. The van der Waals surface area contributed by atoms with E-state index in [2.05, 4.69) is 4.98 Å². The average molecular weight is 596 g/mol. The summed E-state index contributed by atoms with van der Waals surface area (Å²) in [6.45, 7) is 6.42. The molecule has 1 amide bonds. The summed E-state index contributed by atoms with van der Waals surface area (Å²) in [6, 6.07) is -0.493. The highest BCUT2D eigenvalue weighted by molar-refractivity contribution is 7.91. The van der Waals surface area contributed by atoms with E-state index in [9.17, 15) is 27.9 Å². The van der Waals surface area contributed by atoms with Gasteiger partial charge in [0.15, 0.2) is 14.9 Å². The summed E-state index contributed by atoms with van der Waals surface area (Å²) in [5.41, 5.74) is 0.461. The Morgan fingerprint density at radius 2 is 1.85 bits per heavy atom. The Morgan fingerprint density at radius 1 is 1.18 bits per heavy atom. The quantitative estimate of drug-likeness (QED) is 0.287. The highest BCUT2D eigenvalue weighted by Crippen LogP contribution is 2.52. The summed E-state index contributed by atoms with van der Waals surface area (Å²) in [5, 5.41) is 10.2. The van der Waals surface area contributed by atoms with Gasteiger partial charge >= 0.3 is 12.1 Å². The number of imidazole rings is 1. The highest BCUT2D eigenvalue weighted by Gasteiger charge is 2.60. The Balaban J connectivity index is 1.46. The van der Waals surface area contributed by atoms with Gasteiger partial charge in [-0.25, -0.2) is 23.0 Å². The van der Waals surface area contributed by atoms with Crippen LogP contribution in [0.2, 0.25) is 0 Å². The number of hydrogen-bond acceptors (Lipinski definition) is 11. The van der Waals surface area contributed by atoms with Gasteiger partial charge in [0.25, 0.3) is 0 Å². The molecule has 1 saturated heterocycles. The molecule has 40 heavy (non-hydrogen) atoms. The maximum Gasteiger partial charge on any atom is 0.511 e. The fourth-order valence-corrected chi connectivity index (χ4v) is 8.42. The molecule has 2 aromatic rings. The van der Waals surface area contributed by atoms with Gasteiger partial charge < -0.3 is 24.2 Å². The first kappa shape index (κ1) is 28.6. The summed E-state index contributed by atoms with van der Waals surface area (Å²) in [7, 11) is -3.63. The van der Waals surface area contributed by atoms with Crippen LogP contribution in [0.1, 0.15) is 63.6 Å². The molecular formula is C26H33N3O9S2. The van der Waals surface area contributed by atoms with E-state index in [1.54, 1.807) is 17.5 Å². The Labute approximate surface area is 235 Å². The summed E-state index contributed by atoms with van der Waals surface area (Å²) < 4.78 is 42.3. The maximum atomic E-state index is 13.5. The molecule has 14 heteroatoms. The van der Waals surface area contributed by atoms with Crippen molar-refractivity contribution >= 4 is 49.6 Å². The lowest BCUT2D eigenvalue weighted by atomic mass is 9.77. The third-order valence-corrected chi connectivity index (χ3v) is 10.0. The van der Waals surface area contributed by atoms with Crippen LogP contribution in [0.3, 0.4) is 0 Å². The number of hydrogen-bond donors (Lipinski definition) is 1. The van der Waals surface area contributed by atoms with Crippen LogP contribution in [0.4, 0.5) is 4.79 Å². The van der Waals surface area contributed by atoms with Crippen LogP contribution in [0.25, 0.3) is 10.4 Å². The minimum absolute atomic E-state index is 0.0217. The number of sulfone groups is 1. The van der Waals surface area contributed by atoms with Crippen molar-refractivity contribution in [2.75, 3.05) is 6.26 Å². The van der Waals surface area contributed by atoms with E-state index in [-0.39, 0.29) is 22.7 Å². The SMILES string of the molecule is Cc1nc(S(C)(=O)=O)c2sc(C3=C(C(=O)OC(C)OC(=O)OC4CCCCC4)N4C(=O)[C@H]([C@@H](C)O)[C@H]4[C@H]3C)cn12. The molecule has 2 aliphatic heterocycles. The molecule has 3 aliphatic rings. The first-order valence-electron chi connectivity index (χ1n) is 13.3. The van der Waals surface area contributed by atoms with Gasteiger partial charge in [-0.3, -0.25) is 9.20 Å². The number of aryl methyl sites for hydroxylation is 1. The highest BCUT2D eigenvalue weighted by atomic mass is 32.2. The minimum Gasteiger partial charge on any atom is -0.431 e. The molecule has 0 aromatic carbocycles. The van der Waals surface area contributed by atoms with Crippen molar-refractivity contribution in [2.24, 2.45) is 11.8 Å². The summed E-state index contributed by atoms with van der Waals surface area (Å²) in [5.74, 6) is -1.94. The van der Waals surface area contributed by atoms with E-state index in [0.717, 1.165) is 49.7 Å². The maximum absolute atomic E-state index is 13.5. The molecule has 4 heterocycles. The first-order valence-corrected chi connectivity index (χ1v) is 16.0.